The predicted octanol–water partition coefficient (Wildman–Crippen LogP) is 0.818. The van der Waals surface area contributed by atoms with Gasteiger partial charge in [0.2, 0.25) is 0 Å². The van der Waals surface area contributed by atoms with Gasteiger partial charge in [0.15, 0.2) is 0 Å². The van der Waals surface area contributed by atoms with Gasteiger partial charge in [-0.3, -0.25) is 10.1 Å². The van der Waals surface area contributed by atoms with Crippen molar-refractivity contribution in [3.8, 4) is 0 Å². The summed E-state index contributed by atoms with van der Waals surface area (Å²) in [6.07, 6.45) is 8.79. The molecule has 0 amide bonds. The van der Waals surface area contributed by atoms with Crippen LogP contribution in [0, 0.1) is 16.0 Å². The molecule has 1 aliphatic heterocycles. The van der Waals surface area contributed by atoms with Crippen molar-refractivity contribution in [3.63, 3.8) is 0 Å². The van der Waals surface area contributed by atoms with Gasteiger partial charge in [-0.2, -0.15) is 0 Å². The van der Waals surface area contributed by atoms with Crippen molar-refractivity contribution < 1.29 is 4.92 Å². The van der Waals surface area contributed by atoms with E-state index in [4.69, 9.17) is 0 Å². The first kappa shape index (κ1) is 7.09. The molecule has 0 aromatic carbocycles. The van der Waals surface area contributed by atoms with Crippen molar-refractivity contribution in [3.05, 3.63) is 46.3 Å². The summed E-state index contributed by atoms with van der Waals surface area (Å²) in [6.45, 7) is 0. The number of allylic oxidation sites excluding steroid dienone is 1. The molecule has 12 heavy (non-hydrogen) atoms. The fourth-order valence-corrected chi connectivity index (χ4v) is 1.43. The van der Waals surface area contributed by atoms with E-state index in [0.717, 1.165) is 0 Å². The molecule has 0 aromatic heterocycles. The van der Waals surface area contributed by atoms with Crippen molar-refractivity contribution in [1.29, 1.82) is 0 Å². The van der Waals surface area contributed by atoms with Crippen LogP contribution in [-0.2, 0) is 0 Å². The lowest BCUT2D eigenvalue weighted by molar-refractivity contribution is -0.419. The van der Waals surface area contributed by atoms with E-state index in [1.807, 2.05) is 18.4 Å². The molecule has 2 rings (SSSR count). The minimum atomic E-state index is -0.362. The largest absolute Gasteiger partial charge is 0.384 e. The quantitative estimate of drug-likeness (QED) is 0.461. The third kappa shape index (κ3) is 1.01. The Bertz CT molecular complexity index is 304. The van der Waals surface area contributed by atoms with Crippen LogP contribution >= 0.6 is 0 Å². The zero-order valence-corrected chi connectivity index (χ0v) is 6.31. The van der Waals surface area contributed by atoms with Gasteiger partial charge in [0.05, 0.1) is 11.0 Å². The molecular formula is C8H8N2O2. The minimum Gasteiger partial charge on any atom is -0.384 e. The highest BCUT2D eigenvalue weighted by Crippen LogP contribution is 2.22. The second-order valence-corrected chi connectivity index (χ2v) is 2.84. The van der Waals surface area contributed by atoms with Crippen LogP contribution in [0.2, 0.25) is 0 Å². The van der Waals surface area contributed by atoms with Crippen LogP contribution in [0.1, 0.15) is 0 Å². The lowest BCUT2D eigenvalue weighted by Crippen LogP contribution is -2.25. The second-order valence-electron chi connectivity index (χ2n) is 2.84. The second kappa shape index (κ2) is 2.48. The fraction of sp³-hybridized carbons (Fsp3) is 0.250. The molecule has 0 spiro atoms. The molecule has 4 nitrogen and oxygen atoms in total. The van der Waals surface area contributed by atoms with Crippen molar-refractivity contribution in [2.45, 2.75) is 6.04 Å². The highest BCUT2D eigenvalue weighted by Gasteiger charge is 2.25. The highest BCUT2D eigenvalue weighted by atomic mass is 16.6. The van der Waals surface area contributed by atoms with Crippen molar-refractivity contribution >= 4 is 0 Å². The first-order valence-corrected chi connectivity index (χ1v) is 3.74. The van der Waals surface area contributed by atoms with E-state index in [9.17, 15) is 10.1 Å². The van der Waals surface area contributed by atoms with Crippen LogP contribution in [0.4, 0.5) is 0 Å². The molecule has 0 radical (unpaired) electrons. The first-order chi connectivity index (χ1) is 5.77. The summed E-state index contributed by atoms with van der Waals surface area (Å²) in [5.74, 6) is 0.149. The highest BCUT2D eigenvalue weighted by molar-refractivity contribution is 5.28. The van der Waals surface area contributed by atoms with Crippen LogP contribution in [0.3, 0.4) is 0 Å². The van der Waals surface area contributed by atoms with Gasteiger partial charge in [-0.1, -0.05) is 12.2 Å². The number of nitrogens with one attached hydrogen (secondary N) is 1. The lowest BCUT2D eigenvalue weighted by atomic mass is 9.96. The molecule has 0 saturated carbocycles. The molecule has 2 atom stereocenters. The third-order valence-electron chi connectivity index (χ3n) is 2.07. The van der Waals surface area contributed by atoms with E-state index >= 15 is 0 Å². The van der Waals surface area contributed by atoms with Gasteiger partial charge in [0, 0.05) is 18.1 Å². The number of nitro groups is 1. The Labute approximate surface area is 69.4 Å². The zero-order chi connectivity index (χ0) is 8.55. The minimum absolute atomic E-state index is 0.149. The SMILES string of the molecule is O=[N+]([O-])C1=CC2C=CNC2C=C1. The molecule has 0 fully saturated rings. The van der Waals surface area contributed by atoms with Gasteiger partial charge in [-0.05, 0) is 6.20 Å². The van der Waals surface area contributed by atoms with Gasteiger partial charge >= 0.3 is 0 Å². The van der Waals surface area contributed by atoms with Crippen molar-refractivity contribution in [2.24, 2.45) is 5.92 Å². The Morgan fingerprint density at radius 2 is 2.33 bits per heavy atom. The maximum Gasteiger partial charge on any atom is 0.265 e. The normalized spacial score (nSPS) is 30.8. The molecule has 1 heterocycles. The Kier molecular flexibility index (Phi) is 1.46. The molecule has 0 bridgehead atoms. The number of nitrogens with zero attached hydrogens (tertiary/aromatic N) is 1. The Morgan fingerprint density at radius 3 is 3.08 bits per heavy atom. The van der Waals surface area contributed by atoms with E-state index in [1.165, 1.54) is 0 Å². The molecule has 2 unspecified atom stereocenters. The van der Waals surface area contributed by atoms with Gasteiger partial charge < -0.3 is 5.32 Å². The summed E-state index contributed by atoms with van der Waals surface area (Å²) < 4.78 is 0. The zero-order valence-electron chi connectivity index (χ0n) is 6.31. The Morgan fingerprint density at radius 1 is 1.50 bits per heavy atom. The van der Waals surface area contributed by atoms with E-state index in [-0.39, 0.29) is 22.6 Å². The molecular weight excluding hydrogens is 156 g/mol. The third-order valence-corrected chi connectivity index (χ3v) is 2.07. The van der Waals surface area contributed by atoms with Gasteiger partial charge in [-0.15, -0.1) is 0 Å². The van der Waals surface area contributed by atoms with Gasteiger partial charge in [0.1, 0.15) is 0 Å². The number of fused-ring (bicyclic) bond motifs is 1. The average molecular weight is 164 g/mol. The Balaban J connectivity index is 2.25. The first-order valence-electron chi connectivity index (χ1n) is 3.74. The smallest absolute Gasteiger partial charge is 0.265 e. The predicted molar refractivity (Wildman–Crippen MR) is 43.8 cm³/mol. The number of hydrogen-bond donors (Lipinski definition) is 1. The molecule has 4 heteroatoms. The Hall–Kier alpha value is -1.58. The summed E-state index contributed by atoms with van der Waals surface area (Å²) >= 11 is 0. The summed E-state index contributed by atoms with van der Waals surface area (Å²) in [6, 6.07) is 0.216. The van der Waals surface area contributed by atoms with Crippen LogP contribution < -0.4 is 5.32 Å². The summed E-state index contributed by atoms with van der Waals surface area (Å²) in [5.41, 5.74) is 0.185. The van der Waals surface area contributed by atoms with Crippen LogP contribution in [-0.4, -0.2) is 11.0 Å². The van der Waals surface area contributed by atoms with Crippen molar-refractivity contribution in [1.82, 2.24) is 5.32 Å². The maximum absolute atomic E-state index is 10.4. The lowest BCUT2D eigenvalue weighted by Gasteiger charge is -2.14. The standard InChI is InChI=1S/C8H8N2O2/c11-10(12)7-1-2-8-6(5-7)3-4-9-8/h1-6,8-9H. The summed E-state index contributed by atoms with van der Waals surface area (Å²) in [5, 5.41) is 13.5. The fourth-order valence-electron chi connectivity index (χ4n) is 1.43. The molecule has 0 saturated heterocycles. The maximum atomic E-state index is 10.4. The van der Waals surface area contributed by atoms with Crippen molar-refractivity contribution in [2.75, 3.05) is 0 Å². The van der Waals surface area contributed by atoms with E-state index in [2.05, 4.69) is 5.32 Å². The number of hydrogen-bond acceptors (Lipinski definition) is 3. The van der Waals surface area contributed by atoms with Crippen LogP contribution in [0.15, 0.2) is 36.2 Å². The van der Waals surface area contributed by atoms with E-state index in [1.54, 1.807) is 12.2 Å². The van der Waals surface area contributed by atoms with Crippen LogP contribution in [0.25, 0.3) is 0 Å². The van der Waals surface area contributed by atoms with E-state index in [0.29, 0.717) is 0 Å². The van der Waals surface area contributed by atoms with Crippen LogP contribution in [0.5, 0.6) is 0 Å². The van der Waals surface area contributed by atoms with E-state index < -0.39 is 0 Å². The average Bonchev–Trinajstić information content (AvgIpc) is 2.49. The monoisotopic (exact) mass is 164 g/mol. The molecule has 1 aliphatic carbocycles. The topological polar surface area (TPSA) is 55.2 Å². The number of rotatable bonds is 1. The molecule has 1 N–H and O–H groups in total. The molecule has 62 valence electrons. The molecule has 2 aliphatic rings. The molecule has 0 aromatic rings. The summed E-state index contributed by atoms with van der Waals surface area (Å²) in [4.78, 5) is 10.0. The summed E-state index contributed by atoms with van der Waals surface area (Å²) in [7, 11) is 0. The van der Waals surface area contributed by atoms with Gasteiger partial charge in [0.25, 0.3) is 5.70 Å². The van der Waals surface area contributed by atoms with Gasteiger partial charge in [-0.25, -0.2) is 0 Å².